The molecule has 1 N–H and O–H groups in total. The Morgan fingerprint density at radius 1 is 1.11 bits per heavy atom. The third-order valence-electron chi connectivity index (χ3n) is 3.95. The summed E-state index contributed by atoms with van der Waals surface area (Å²) in [5.41, 5.74) is 0.588. The Labute approximate surface area is 123 Å². The van der Waals surface area contributed by atoms with Gasteiger partial charge in [0.25, 0.3) is 0 Å². The Morgan fingerprint density at radius 2 is 1.63 bits per heavy atom. The molecule has 0 aliphatic heterocycles. The van der Waals surface area contributed by atoms with Crippen LogP contribution >= 0.6 is 23.2 Å². The van der Waals surface area contributed by atoms with Crippen molar-refractivity contribution in [1.82, 2.24) is 0 Å². The van der Waals surface area contributed by atoms with Crippen LogP contribution in [0.3, 0.4) is 0 Å². The number of hydrogen-bond acceptors (Lipinski definition) is 1. The molecule has 1 unspecified atom stereocenters. The van der Waals surface area contributed by atoms with E-state index in [2.05, 4.69) is 0 Å². The molecule has 0 heterocycles. The van der Waals surface area contributed by atoms with Crippen molar-refractivity contribution in [2.24, 2.45) is 5.92 Å². The largest absolute Gasteiger partial charge is 0.481 e. The molecule has 0 spiro atoms. The van der Waals surface area contributed by atoms with E-state index in [0.29, 0.717) is 15.6 Å². The van der Waals surface area contributed by atoms with Gasteiger partial charge in [-0.2, -0.15) is 0 Å². The summed E-state index contributed by atoms with van der Waals surface area (Å²) >= 11 is 12.4. The van der Waals surface area contributed by atoms with Crippen molar-refractivity contribution in [1.29, 1.82) is 0 Å². The monoisotopic (exact) mass is 300 g/mol. The number of carboxylic acids is 1. The molecule has 104 valence electrons. The van der Waals surface area contributed by atoms with Crippen LogP contribution in [0.4, 0.5) is 0 Å². The van der Waals surface area contributed by atoms with E-state index in [1.165, 1.54) is 12.8 Å². The second-order valence-corrected chi connectivity index (χ2v) is 6.02. The molecular formula is C15H18Cl2O2. The van der Waals surface area contributed by atoms with Gasteiger partial charge in [0.2, 0.25) is 0 Å². The number of carboxylic acid groups (broad SMARTS) is 1. The zero-order chi connectivity index (χ0) is 13.8. The van der Waals surface area contributed by atoms with E-state index in [1.54, 1.807) is 18.2 Å². The van der Waals surface area contributed by atoms with Gasteiger partial charge in [-0.05, 0) is 30.9 Å². The lowest BCUT2D eigenvalue weighted by Crippen LogP contribution is -2.22. The summed E-state index contributed by atoms with van der Waals surface area (Å²) in [5.74, 6) is -1.27. The molecular weight excluding hydrogens is 283 g/mol. The first-order chi connectivity index (χ1) is 9.11. The average Bonchev–Trinajstić information content (AvgIpc) is 2.62. The van der Waals surface area contributed by atoms with Crippen molar-refractivity contribution in [3.05, 3.63) is 33.8 Å². The number of rotatable bonds is 3. The van der Waals surface area contributed by atoms with Gasteiger partial charge in [-0.25, -0.2) is 0 Å². The van der Waals surface area contributed by atoms with E-state index < -0.39 is 11.9 Å². The molecule has 0 radical (unpaired) electrons. The van der Waals surface area contributed by atoms with Crippen LogP contribution < -0.4 is 0 Å². The van der Waals surface area contributed by atoms with Gasteiger partial charge in [0.05, 0.1) is 5.92 Å². The molecule has 0 aromatic heterocycles. The maximum atomic E-state index is 11.7. The van der Waals surface area contributed by atoms with Gasteiger partial charge >= 0.3 is 5.97 Å². The zero-order valence-corrected chi connectivity index (χ0v) is 12.3. The first-order valence-corrected chi connectivity index (χ1v) is 7.53. The second kappa shape index (κ2) is 6.62. The highest BCUT2D eigenvalue weighted by molar-refractivity contribution is 6.36. The van der Waals surface area contributed by atoms with Crippen molar-refractivity contribution in [3.8, 4) is 0 Å². The van der Waals surface area contributed by atoms with Crippen LogP contribution in [0, 0.1) is 5.92 Å². The highest BCUT2D eigenvalue weighted by Gasteiger charge is 2.33. The first kappa shape index (κ1) is 14.7. The Balaban J connectivity index is 2.36. The van der Waals surface area contributed by atoms with Gasteiger partial charge in [0, 0.05) is 15.6 Å². The lowest BCUT2D eigenvalue weighted by molar-refractivity contribution is -0.140. The van der Waals surface area contributed by atoms with Crippen LogP contribution in [0.15, 0.2) is 18.2 Å². The molecule has 0 amide bonds. The summed E-state index contributed by atoms with van der Waals surface area (Å²) < 4.78 is 0. The lowest BCUT2D eigenvalue weighted by atomic mass is 9.81. The Kier molecular flexibility index (Phi) is 5.12. The minimum absolute atomic E-state index is 0.136. The molecule has 2 nitrogen and oxygen atoms in total. The fraction of sp³-hybridized carbons (Fsp3) is 0.533. The fourth-order valence-corrected chi connectivity index (χ4v) is 3.65. The van der Waals surface area contributed by atoms with Crippen molar-refractivity contribution >= 4 is 29.2 Å². The topological polar surface area (TPSA) is 37.3 Å². The van der Waals surface area contributed by atoms with Gasteiger partial charge < -0.3 is 5.11 Å². The van der Waals surface area contributed by atoms with E-state index in [0.717, 1.165) is 25.7 Å². The van der Waals surface area contributed by atoms with Crippen molar-refractivity contribution in [3.63, 3.8) is 0 Å². The maximum Gasteiger partial charge on any atom is 0.311 e. The van der Waals surface area contributed by atoms with Crippen LogP contribution in [0.1, 0.15) is 50.0 Å². The van der Waals surface area contributed by atoms with Crippen LogP contribution in [0.5, 0.6) is 0 Å². The molecule has 1 saturated carbocycles. The van der Waals surface area contributed by atoms with Gasteiger partial charge in [0.1, 0.15) is 0 Å². The Bertz CT molecular complexity index is 431. The first-order valence-electron chi connectivity index (χ1n) is 6.78. The third-order valence-corrected chi connectivity index (χ3v) is 4.61. The van der Waals surface area contributed by atoms with E-state index in [9.17, 15) is 9.90 Å². The minimum atomic E-state index is -0.818. The smallest absolute Gasteiger partial charge is 0.311 e. The summed E-state index contributed by atoms with van der Waals surface area (Å²) in [6.45, 7) is 0. The second-order valence-electron chi connectivity index (χ2n) is 5.20. The molecule has 0 bridgehead atoms. The normalized spacial score (nSPS) is 18.8. The summed E-state index contributed by atoms with van der Waals surface area (Å²) in [7, 11) is 0. The summed E-state index contributed by atoms with van der Waals surface area (Å²) in [6, 6.07) is 5.19. The molecule has 2 rings (SSSR count). The quantitative estimate of drug-likeness (QED) is 0.786. The van der Waals surface area contributed by atoms with Gasteiger partial charge in [-0.3, -0.25) is 4.79 Å². The molecule has 4 heteroatoms. The van der Waals surface area contributed by atoms with Crippen LogP contribution in [0.25, 0.3) is 0 Å². The Hall–Kier alpha value is -0.730. The maximum absolute atomic E-state index is 11.7. The summed E-state index contributed by atoms with van der Waals surface area (Å²) in [6.07, 6.45) is 6.46. The molecule has 1 fully saturated rings. The molecule has 1 aliphatic carbocycles. The van der Waals surface area contributed by atoms with Crippen LogP contribution in [-0.2, 0) is 4.79 Å². The van der Waals surface area contributed by atoms with Crippen LogP contribution in [0.2, 0.25) is 10.0 Å². The predicted molar refractivity (Wildman–Crippen MR) is 78.0 cm³/mol. The van der Waals surface area contributed by atoms with Crippen LogP contribution in [-0.4, -0.2) is 11.1 Å². The molecule has 1 atom stereocenters. The summed E-state index contributed by atoms with van der Waals surface area (Å²) in [5, 5.41) is 10.5. The van der Waals surface area contributed by atoms with E-state index >= 15 is 0 Å². The van der Waals surface area contributed by atoms with Gasteiger partial charge in [-0.15, -0.1) is 0 Å². The zero-order valence-electron chi connectivity index (χ0n) is 10.7. The molecule has 0 saturated heterocycles. The van der Waals surface area contributed by atoms with Gasteiger partial charge in [-0.1, -0.05) is 55.0 Å². The van der Waals surface area contributed by atoms with Crippen molar-refractivity contribution in [2.75, 3.05) is 0 Å². The number of benzene rings is 1. The molecule has 1 aliphatic rings. The molecule has 1 aromatic rings. The fourth-order valence-electron chi connectivity index (χ4n) is 3.01. The standard InChI is InChI=1S/C15H18Cl2O2/c16-11-8-5-9-12(17)14(11)13(15(18)19)10-6-3-1-2-4-7-10/h5,8-10,13H,1-4,6-7H2,(H,18,19). The SMILES string of the molecule is O=C(O)C(c1c(Cl)cccc1Cl)C1CCCCCC1. The van der Waals surface area contributed by atoms with Gasteiger partial charge in [0.15, 0.2) is 0 Å². The van der Waals surface area contributed by atoms with Crippen molar-refractivity contribution in [2.45, 2.75) is 44.4 Å². The molecule has 19 heavy (non-hydrogen) atoms. The van der Waals surface area contributed by atoms with Crippen molar-refractivity contribution < 1.29 is 9.90 Å². The lowest BCUT2D eigenvalue weighted by Gasteiger charge is -2.24. The minimum Gasteiger partial charge on any atom is -0.481 e. The third kappa shape index (κ3) is 3.43. The number of aliphatic carboxylic acids is 1. The predicted octanol–water partition coefficient (Wildman–Crippen LogP) is 5.13. The van der Waals surface area contributed by atoms with E-state index in [1.807, 2.05) is 0 Å². The molecule has 1 aromatic carbocycles. The number of halogens is 2. The average molecular weight is 301 g/mol. The number of hydrogen-bond donors (Lipinski definition) is 1. The summed E-state index contributed by atoms with van der Waals surface area (Å²) in [4.78, 5) is 11.7. The van der Waals surface area contributed by atoms with E-state index in [-0.39, 0.29) is 5.92 Å². The number of carbonyl (C=O) groups is 1. The van der Waals surface area contributed by atoms with E-state index in [4.69, 9.17) is 23.2 Å². The highest BCUT2D eigenvalue weighted by Crippen LogP contribution is 2.41. The highest BCUT2D eigenvalue weighted by atomic mass is 35.5. The Morgan fingerprint density at radius 3 is 2.11 bits per heavy atom.